The largest absolute Gasteiger partial charge is 0.304 e. The van der Waals surface area contributed by atoms with Gasteiger partial charge in [-0.15, -0.1) is 4.91 Å². The molecule has 1 aliphatic rings. The van der Waals surface area contributed by atoms with Gasteiger partial charge in [0.1, 0.15) is 0 Å². The first kappa shape index (κ1) is 9.08. The van der Waals surface area contributed by atoms with Crippen molar-refractivity contribution in [2.75, 3.05) is 0 Å². The summed E-state index contributed by atoms with van der Waals surface area (Å²) in [6.45, 7) is 0. The molecule has 1 aliphatic carbocycles. The molecule has 0 amide bonds. The van der Waals surface area contributed by atoms with Crippen LogP contribution in [-0.2, 0) is 11.1 Å². The zero-order chi connectivity index (χ0) is 9.03. The molecule has 0 aromatic carbocycles. The molecule has 0 saturated carbocycles. The van der Waals surface area contributed by atoms with E-state index in [0.717, 1.165) is 0 Å². The fraction of sp³-hybridized carbons (Fsp3) is 0.333. The van der Waals surface area contributed by atoms with Gasteiger partial charge < -0.3 is 4.55 Å². The van der Waals surface area contributed by atoms with E-state index >= 15 is 0 Å². The molecule has 0 heterocycles. The fourth-order valence-corrected chi connectivity index (χ4v) is 1.48. The van der Waals surface area contributed by atoms with Crippen molar-refractivity contribution in [3.8, 4) is 0 Å². The molecule has 0 radical (unpaired) electrons. The molecule has 2 atom stereocenters. The first-order chi connectivity index (χ1) is 5.71. The molecule has 0 spiro atoms. The van der Waals surface area contributed by atoms with E-state index in [1.165, 1.54) is 6.08 Å². The van der Waals surface area contributed by atoms with Gasteiger partial charge in [-0.2, -0.15) is 0 Å². The van der Waals surface area contributed by atoms with Crippen LogP contribution in [0.25, 0.3) is 0 Å². The second-order valence-corrected chi connectivity index (χ2v) is 3.56. The van der Waals surface area contributed by atoms with E-state index in [1.54, 1.807) is 18.2 Å². The van der Waals surface area contributed by atoms with Crippen LogP contribution < -0.4 is 5.43 Å². The smallest absolute Gasteiger partial charge is 0.185 e. The molecule has 66 valence electrons. The third kappa shape index (κ3) is 1.59. The van der Waals surface area contributed by atoms with E-state index in [2.05, 4.69) is 10.7 Å². The number of rotatable bonds is 3. The maximum atomic E-state index is 10.8. The Bertz CT molecular complexity index is 260. The maximum absolute atomic E-state index is 10.8. The van der Waals surface area contributed by atoms with Gasteiger partial charge in [-0.1, -0.05) is 18.2 Å². The summed E-state index contributed by atoms with van der Waals surface area (Å²) in [5.41, 5.74) is 2.08. The van der Waals surface area contributed by atoms with E-state index in [9.17, 15) is 9.12 Å². The van der Waals surface area contributed by atoms with Gasteiger partial charge in [0.2, 0.25) is 0 Å². The van der Waals surface area contributed by atoms with Crippen LogP contribution in [0.4, 0.5) is 0 Å². The summed E-state index contributed by atoms with van der Waals surface area (Å²) in [4.78, 5) is 8.68. The van der Waals surface area contributed by atoms with E-state index in [-0.39, 0.29) is 6.42 Å². The summed E-state index contributed by atoms with van der Waals surface area (Å²) in [5, 5.41) is 2.41. The summed E-state index contributed by atoms with van der Waals surface area (Å²) in [6, 6.07) is 0. The summed E-state index contributed by atoms with van der Waals surface area (Å²) in [5.74, 6) is 0. The van der Waals surface area contributed by atoms with Crippen molar-refractivity contribution in [1.82, 2.24) is 5.43 Å². The number of nitroso groups, excluding NO2 is 1. The lowest BCUT2D eigenvalue weighted by molar-refractivity contribution is 0.476. The van der Waals surface area contributed by atoms with Gasteiger partial charge in [0.25, 0.3) is 0 Å². The standard InChI is InChI=1S/C6H8N2O3S/c9-8-7-6(12(10)11)4-2-1-3-5-6/h1-4H,5H2,(H,7,9)(H,10,11). The zero-order valence-electron chi connectivity index (χ0n) is 6.14. The predicted octanol–water partition coefficient (Wildman–Crippen LogP) is 0.692. The first-order valence-electron chi connectivity index (χ1n) is 3.26. The van der Waals surface area contributed by atoms with Gasteiger partial charge in [0.15, 0.2) is 16.0 Å². The molecule has 0 aliphatic heterocycles. The van der Waals surface area contributed by atoms with Crippen LogP contribution in [0.5, 0.6) is 0 Å². The lowest BCUT2D eigenvalue weighted by Gasteiger charge is -2.24. The second kappa shape index (κ2) is 3.59. The SMILES string of the molecule is O=NNC1(S(=O)O)C=CC=CC1. The van der Waals surface area contributed by atoms with Crippen molar-refractivity contribution in [2.45, 2.75) is 11.3 Å². The molecule has 2 N–H and O–H groups in total. The second-order valence-electron chi connectivity index (χ2n) is 2.33. The van der Waals surface area contributed by atoms with Crippen LogP contribution in [0.15, 0.2) is 29.6 Å². The number of nitrogens with zero attached hydrogens (tertiary/aromatic N) is 1. The summed E-state index contributed by atoms with van der Waals surface area (Å²) in [6.07, 6.45) is 6.74. The fourth-order valence-electron chi connectivity index (χ4n) is 0.929. The number of nitrogens with one attached hydrogen (secondary N) is 1. The minimum Gasteiger partial charge on any atom is -0.304 e. The van der Waals surface area contributed by atoms with Crippen molar-refractivity contribution in [2.24, 2.45) is 5.29 Å². The Kier molecular flexibility index (Phi) is 2.72. The topological polar surface area (TPSA) is 78.8 Å². The Hall–Kier alpha value is -1.01. The Morgan fingerprint density at radius 2 is 2.33 bits per heavy atom. The molecule has 5 nitrogen and oxygen atoms in total. The van der Waals surface area contributed by atoms with Crippen LogP contribution >= 0.6 is 0 Å². The number of hydrogen-bond acceptors (Lipinski definition) is 3. The molecule has 12 heavy (non-hydrogen) atoms. The number of hydrogen-bond donors (Lipinski definition) is 2. The van der Waals surface area contributed by atoms with E-state index in [1.807, 2.05) is 0 Å². The van der Waals surface area contributed by atoms with E-state index < -0.39 is 16.0 Å². The van der Waals surface area contributed by atoms with Crippen molar-refractivity contribution in [1.29, 1.82) is 0 Å². The van der Waals surface area contributed by atoms with Crippen LogP contribution in [0.3, 0.4) is 0 Å². The normalized spacial score (nSPS) is 29.8. The third-order valence-corrected chi connectivity index (χ3v) is 2.60. The molecule has 1 rings (SSSR count). The van der Waals surface area contributed by atoms with Crippen molar-refractivity contribution >= 4 is 11.1 Å². The van der Waals surface area contributed by atoms with Crippen LogP contribution in [0, 0.1) is 4.91 Å². The first-order valence-corrected chi connectivity index (χ1v) is 4.37. The van der Waals surface area contributed by atoms with Crippen LogP contribution in [0.2, 0.25) is 0 Å². The molecule has 2 unspecified atom stereocenters. The Morgan fingerprint density at radius 3 is 2.75 bits per heavy atom. The van der Waals surface area contributed by atoms with Gasteiger partial charge >= 0.3 is 0 Å². The Morgan fingerprint density at radius 1 is 1.58 bits per heavy atom. The quantitative estimate of drug-likeness (QED) is 0.388. The predicted molar refractivity (Wildman–Crippen MR) is 45.3 cm³/mol. The van der Waals surface area contributed by atoms with Crippen molar-refractivity contribution < 1.29 is 8.76 Å². The average molecular weight is 188 g/mol. The van der Waals surface area contributed by atoms with Gasteiger partial charge in [0.05, 0.1) is 5.29 Å². The minimum absolute atomic E-state index is 0.276. The molecule has 6 heteroatoms. The molecule has 0 aromatic heterocycles. The molecular weight excluding hydrogens is 180 g/mol. The minimum atomic E-state index is -2.15. The Labute approximate surface area is 71.8 Å². The van der Waals surface area contributed by atoms with Crippen LogP contribution in [0.1, 0.15) is 6.42 Å². The highest BCUT2D eigenvalue weighted by atomic mass is 32.2. The van der Waals surface area contributed by atoms with Gasteiger partial charge in [-0.05, 0) is 6.08 Å². The van der Waals surface area contributed by atoms with Gasteiger partial charge in [-0.3, -0.25) is 0 Å². The summed E-state index contributed by atoms with van der Waals surface area (Å²) in [7, 11) is 0. The lowest BCUT2D eigenvalue weighted by atomic mass is 10.1. The van der Waals surface area contributed by atoms with Gasteiger partial charge in [-0.25, -0.2) is 9.63 Å². The lowest BCUT2D eigenvalue weighted by Crippen LogP contribution is -2.44. The van der Waals surface area contributed by atoms with E-state index in [0.29, 0.717) is 0 Å². The van der Waals surface area contributed by atoms with Crippen molar-refractivity contribution in [3.05, 3.63) is 29.2 Å². The van der Waals surface area contributed by atoms with Crippen molar-refractivity contribution in [3.63, 3.8) is 0 Å². The monoisotopic (exact) mass is 188 g/mol. The van der Waals surface area contributed by atoms with E-state index in [4.69, 9.17) is 4.55 Å². The zero-order valence-corrected chi connectivity index (χ0v) is 6.95. The molecular formula is C6H8N2O3S. The highest BCUT2D eigenvalue weighted by Crippen LogP contribution is 2.20. The molecule has 0 fully saturated rings. The molecule has 0 saturated heterocycles. The van der Waals surface area contributed by atoms with Crippen LogP contribution in [-0.4, -0.2) is 13.6 Å². The number of allylic oxidation sites excluding steroid dienone is 2. The highest BCUT2D eigenvalue weighted by Gasteiger charge is 2.34. The maximum Gasteiger partial charge on any atom is 0.185 e. The summed E-state index contributed by atoms with van der Waals surface area (Å²) >= 11 is -2.15. The molecule has 0 bridgehead atoms. The highest BCUT2D eigenvalue weighted by molar-refractivity contribution is 7.80. The Balaban J connectivity index is 2.87. The van der Waals surface area contributed by atoms with Gasteiger partial charge in [0, 0.05) is 6.42 Å². The average Bonchev–Trinajstić information content (AvgIpc) is 2.06. The summed E-state index contributed by atoms with van der Waals surface area (Å²) < 4.78 is 19.7. The third-order valence-electron chi connectivity index (χ3n) is 1.58. The molecule has 0 aromatic rings.